The van der Waals surface area contributed by atoms with Crippen molar-refractivity contribution in [3.63, 3.8) is 0 Å². The van der Waals surface area contributed by atoms with Crippen molar-refractivity contribution in [2.75, 3.05) is 26.2 Å². The number of amides is 6. The first-order chi connectivity index (χ1) is 22.4. The van der Waals surface area contributed by atoms with Crippen LogP contribution in [-0.4, -0.2) is 124 Å². The molecule has 0 unspecified atom stereocenters. The molecule has 0 aromatic heterocycles. The van der Waals surface area contributed by atoms with Gasteiger partial charge in [-0.2, -0.15) is 0 Å². The van der Waals surface area contributed by atoms with Crippen LogP contribution >= 0.6 is 0 Å². The molecular weight excluding hydrogens is 618 g/mol. The van der Waals surface area contributed by atoms with Gasteiger partial charge in [0.1, 0.15) is 30.2 Å². The highest BCUT2D eigenvalue weighted by molar-refractivity contribution is 5.98. The highest BCUT2D eigenvalue weighted by Crippen LogP contribution is 2.21. The molecule has 0 radical (unpaired) electrons. The molecule has 0 spiro atoms. The maximum atomic E-state index is 13.8. The van der Waals surface area contributed by atoms with E-state index in [0.29, 0.717) is 24.9 Å². The number of carboxylic acid groups (broad SMARTS) is 1. The van der Waals surface area contributed by atoms with Crippen LogP contribution in [0.25, 0.3) is 0 Å². The number of unbranched alkanes of at least 4 members (excludes halogenated alkanes) is 1. The first-order valence-corrected chi connectivity index (χ1v) is 15.5. The van der Waals surface area contributed by atoms with E-state index in [1.54, 1.807) is 30.3 Å². The molecule has 6 amide bonds. The number of aliphatic carboxylic acids is 1. The summed E-state index contributed by atoms with van der Waals surface area (Å²) in [7, 11) is 0. The van der Waals surface area contributed by atoms with Crippen molar-refractivity contribution < 1.29 is 48.9 Å². The first kappa shape index (κ1) is 36.9. The minimum absolute atomic E-state index is 0.0111. The Hall–Kier alpha value is -4.61. The van der Waals surface area contributed by atoms with E-state index in [-0.39, 0.29) is 32.2 Å². The molecule has 2 fully saturated rings. The number of fused-ring (bicyclic) bond motifs is 1. The number of nitrogens with two attached hydrogens (primary N) is 1. The number of nitrogens with one attached hydrogen (secondary N) is 5. The number of nitrogens with zero attached hydrogens (tertiary/aromatic N) is 1. The zero-order chi connectivity index (χ0) is 34.5. The van der Waals surface area contributed by atoms with E-state index in [4.69, 9.17) is 5.73 Å². The van der Waals surface area contributed by atoms with Gasteiger partial charge in [-0.1, -0.05) is 30.3 Å². The summed E-state index contributed by atoms with van der Waals surface area (Å²) in [5.74, 6) is -6.25. The van der Waals surface area contributed by atoms with Crippen LogP contribution in [0.1, 0.15) is 44.1 Å². The van der Waals surface area contributed by atoms with Gasteiger partial charge in [-0.05, 0) is 37.8 Å². The van der Waals surface area contributed by atoms with Gasteiger partial charge < -0.3 is 52.5 Å². The van der Waals surface area contributed by atoms with Gasteiger partial charge in [-0.25, -0.2) is 0 Å². The van der Waals surface area contributed by atoms with E-state index in [0.717, 1.165) is 4.90 Å². The average Bonchev–Trinajstić information content (AvgIpc) is 3.44. The van der Waals surface area contributed by atoms with Crippen LogP contribution in [-0.2, 0) is 40.0 Å². The van der Waals surface area contributed by atoms with E-state index >= 15 is 0 Å². The van der Waals surface area contributed by atoms with Gasteiger partial charge >= 0.3 is 5.97 Å². The molecular formula is C30H43N7O10. The predicted octanol–water partition coefficient (Wildman–Crippen LogP) is -3.75. The smallest absolute Gasteiger partial charge is 0.303 e. The van der Waals surface area contributed by atoms with Crippen LogP contribution in [0, 0.1) is 0 Å². The van der Waals surface area contributed by atoms with Crippen molar-refractivity contribution in [2.45, 2.75) is 81.3 Å². The highest BCUT2D eigenvalue weighted by Gasteiger charge is 2.43. The van der Waals surface area contributed by atoms with Crippen molar-refractivity contribution in [3.8, 4) is 0 Å². The number of rotatable bonds is 10. The number of carboxylic acids is 1. The van der Waals surface area contributed by atoms with Crippen LogP contribution in [0.3, 0.4) is 0 Å². The summed E-state index contributed by atoms with van der Waals surface area (Å²) >= 11 is 0. The van der Waals surface area contributed by atoms with Crippen LogP contribution in [0.2, 0.25) is 0 Å². The topological polar surface area (TPSA) is 270 Å². The standard InChI is InChI=1S/C30H43N7O10/c31-11-5-4-8-19-27(44)35-20(9-10-25(41)42)30(47)37-15-18(39)13-23(37)29(46)36-22(16-38)26(43)32-14-24(40)33-21(28(45)34-19)12-17-6-2-1-3-7-17/h1-3,6-7,18-23,38-39H,4-5,8-16,31H2,(H,32,43)(H,33,40)(H,34,45)(H,35,44)(H,36,46)(H,41,42)/t18-,19-,20-,21+,22+,23+/m1/s1. The molecule has 2 aliphatic rings. The van der Waals surface area contributed by atoms with Crippen molar-refractivity contribution in [1.82, 2.24) is 31.5 Å². The Morgan fingerprint density at radius 3 is 2.15 bits per heavy atom. The SMILES string of the molecule is NCCCC[C@H]1NC(=O)[C@H](Cc2ccccc2)NC(=O)CNC(=O)[C@H](CO)NC(=O)[C@@H]2C[C@@H](O)CN2C(=O)[C@@H](CCC(=O)O)NC1=O. The molecule has 17 nitrogen and oxygen atoms in total. The summed E-state index contributed by atoms with van der Waals surface area (Å²) in [6.07, 6.45) is -1.30. The zero-order valence-corrected chi connectivity index (χ0v) is 25.9. The van der Waals surface area contributed by atoms with Crippen molar-refractivity contribution >= 4 is 41.4 Å². The van der Waals surface area contributed by atoms with Gasteiger partial charge in [0.25, 0.3) is 0 Å². The second-order valence-electron chi connectivity index (χ2n) is 11.5. The monoisotopic (exact) mass is 661 g/mol. The van der Waals surface area contributed by atoms with E-state index < -0.39 is 97.3 Å². The molecule has 0 bridgehead atoms. The lowest BCUT2D eigenvalue weighted by molar-refractivity contribution is -0.144. The molecule has 2 saturated heterocycles. The van der Waals surface area contributed by atoms with E-state index in [1.165, 1.54) is 0 Å². The number of hydrogen-bond acceptors (Lipinski definition) is 10. The minimum Gasteiger partial charge on any atom is -0.481 e. The number of carbonyl (C=O) groups is 7. The van der Waals surface area contributed by atoms with E-state index in [1.807, 2.05) is 0 Å². The number of aliphatic hydroxyl groups excluding tert-OH is 2. The molecule has 1 aromatic rings. The van der Waals surface area contributed by atoms with Gasteiger partial charge in [-0.15, -0.1) is 0 Å². The minimum atomic E-state index is -1.54. The summed E-state index contributed by atoms with van der Waals surface area (Å²) in [4.78, 5) is 92.4. The largest absolute Gasteiger partial charge is 0.481 e. The average molecular weight is 662 g/mol. The van der Waals surface area contributed by atoms with E-state index in [9.17, 15) is 48.9 Å². The van der Waals surface area contributed by atoms with Gasteiger partial charge in [0, 0.05) is 25.8 Å². The fourth-order valence-electron chi connectivity index (χ4n) is 5.39. The van der Waals surface area contributed by atoms with Crippen LogP contribution < -0.4 is 32.3 Å². The third-order valence-corrected chi connectivity index (χ3v) is 7.88. The molecule has 6 atom stereocenters. The summed E-state index contributed by atoms with van der Waals surface area (Å²) in [5, 5.41) is 41.8. The molecule has 0 saturated carbocycles. The molecule has 3 rings (SSSR count). The van der Waals surface area contributed by atoms with Gasteiger partial charge in [0.2, 0.25) is 35.4 Å². The Morgan fingerprint density at radius 2 is 1.49 bits per heavy atom. The molecule has 47 heavy (non-hydrogen) atoms. The van der Waals surface area contributed by atoms with E-state index in [2.05, 4.69) is 26.6 Å². The third-order valence-electron chi connectivity index (χ3n) is 7.88. The molecule has 2 aliphatic heterocycles. The summed E-state index contributed by atoms with van der Waals surface area (Å²) < 4.78 is 0. The molecule has 258 valence electrons. The quantitative estimate of drug-likeness (QED) is 0.110. The van der Waals surface area contributed by atoms with Crippen LogP contribution in [0.15, 0.2) is 30.3 Å². The van der Waals surface area contributed by atoms with Crippen molar-refractivity contribution in [1.29, 1.82) is 0 Å². The third kappa shape index (κ3) is 11.0. The number of benzene rings is 1. The van der Waals surface area contributed by atoms with Gasteiger partial charge in [0.15, 0.2) is 0 Å². The van der Waals surface area contributed by atoms with Crippen molar-refractivity contribution in [2.24, 2.45) is 5.73 Å². The Bertz CT molecular complexity index is 1300. The van der Waals surface area contributed by atoms with Crippen LogP contribution in [0.4, 0.5) is 0 Å². The Kier molecular flexibility index (Phi) is 14.0. The Labute approximate surface area is 271 Å². The van der Waals surface area contributed by atoms with Gasteiger partial charge in [-0.3, -0.25) is 33.6 Å². The Balaban J connectivity index is 2.00. The number of aliphatic hydroxyl groups is 2. The lowest BCUT2D eigenvalue weighted by Gasteiger charge is -2.30. The second kappa shape index (κ2) is 17.9. The second-order valence-corrected chi connectivity index (χ2v) is 11.5. The summed E-state index contributed by atoms with van der Waals surface area (Å²) in [5.41, 5.74) is 6.30. The maximum absolute atomic E-state index is 13.8. The first-order valence-electron chi connectivity index (χ1n) is 15.5. The number of carbonyl (C=O) groups excluding carboxylic acids is 6. The normalized spacial score (nSPS) is 26.6. The number of hydrogen-bond donors (Lipinski definition) is 9. The lowest BCUT2D eigenvalue weighted by atomic mass is 10.0. The summed E-state index contributed by atoms with van der Waals surface area (Å²) in [6.45, 7) is -1.52. The molecule has 2 heterocycles. The highest BCUT2D eigenvalue weighted by atomic mass is 16.4. The van der Waals surface area contributed by atoms with Crippen LogP contribution in [0.5, 0.6) is 0 Å². The molecule has 10 N–H and O–H groups in total. The lowest BCUT2D eigenvalue weighted by Crippen LogP contribution is -2.60. The molecule has 17 heteroatoms. The predicted molar refractivity (Wildman–Crippen MR) is 164 cm³/mol. The Morgan fingerprint density at radius 1 is 0.830 bits per heavy atom. The summed E-state index contributed by atoms with van der Waals surface area (Å²) in [6, 6.07) is 1.93. The maximum Gasteiger partial charge on any atom is 0.303 e. The molecule has 1 aromatic carbocycles. The fraction of sp³-hybridized carbons (Fsp3) is 0.567. The fourth-order valence-corrected chi connectivity index (χ4v) is 5.39. The van der Waals surface area contributed by atoms with Gasteiger partial charge in [0.05, 0.1) is 19.3 Å². The van der Waals surface area contributed by atoms with Crippen molar-refractivity contribution in [3.05, 3.63) is 35.9 Å². The molecule has 0 aliphatic carbocycles. The zero-order valence-electron chi connectivity index (χ0n) is 25.9.